The molecule has 0 atom stereocenters. The van der Waals surface area contributed by atoms with Gasteiger partial charge in [-0.1, -0.05) is 85.9 Å². The van der Waals surface area contributed by atoms with E-state index in [4.69, 9.17) is 34.8 Å². The second kappa shape index (κ2) is 10.7. The lowest BCUT2D eigenvalue weighted by Gasteiger charge is -2.25. The molecule has 0 spiro atoms. The fourth-order valence-electron chi connectivity index (χ4n) is 3.43. The van der Waals surface area contributed by atoms with Gasteiger partial charge in [0.2, 0.25) is 0 Å². The molecule has 0 radical (unpaired) electrons. The van der Waals surface area contributed by atoms with Crippen molar-refractivity contribution in [1.82, 2.24) is 15.1 Å². The van der Waals surface area contributed by atoms with Crippen molar-refractivity contribution in [1.29, 1.82) is 0 Å². The molecule has 0 bridgehead atoms. The van der Waals surface area contributed by atoms with E-state index >= 15 is 0 Å². The van der Waals surface area contributed by atoms with Gasteiger partial charge >= 0.3 is 0 Å². The Morgan fingerprint density at radius 1 is 0.939 bits per heavy atom. The first-order valence-corrected chi connectivity index (χ1v) is 11.8. The van der Waals surface area contributed by atoms with E-state index in [1.54, 1.807) is 18.0 Å². The van der Waals surface area contributed by atoms with E-state index in [1.165, 1.54) is 11.6 Å². The molecule has 2 aromatic carbocycles. The van der Waals surface area contributed by atoms with Crippen molar-refractivity contribution >= 4 is 46.5 Å². The van der Waals surface area contributed by atoms with E-state index in [-0.39, 0.29) is 16.5 Å². The third-order valence-corrected chi connectivity index (χ3v) is 6.29. The molecule has 1 heterocycles. The molecule has 0 saturated carbocycles. The number of aromatic nitrogens is 2. The van der Waals surface area contributed by atoms with E-state index < -0.39 is 0 Å². The average molecular weight is 506 g/mol. The van der Waals surface area contributed by atoms with E-state index in [2.05, 4.69) is 60.6 Å². The minimum absolute atomic E-state index is 0.0586. The van der Waals surface area contributed by atoms with Gasteiger partial charge in [-0.05, 0) is 46.7 Å². The molecule has 3 aromatic rings. The van der Waals surface area contributed by atoms with Gasteiger partial charge in [-0.2, -0.15) is 0 Å². The Labute approximate surface area is 210 Å². The van der Waals surface area contributed by atoms with E-state index in [0.29, 0.717) is 40.9 Å². The first kappa shape index (κ1) is 25.3. The van der Waals surface area contributed by atoms with Gasteiger partial charge in [-0.25, -0.2) is 0 Å². The Morgan fingerprint density at radius 3 is 2.21 bits per heavy atom. The second-order valence-corrected chi connectivity index (χ2v) is 10.1. The molecule has 8 heteroatoms. The molecule has 5 nitrogen and oxygen atoms in total. The number of halogens is 3. The molecule has 174 valence electrons. The van der Waals surface area contributed by atoms with Gasteiger partial charge in [0.1, 0.15) is 0 Å². The predicted molar refractivity (Wildman–Crippen MR) is 137 cm³/mol. The van der Waals surface area contributed by atoms with Crippen LogP contribution in [-0.2, 0) is 18.4 Å². The summed E-state index contributed by atoms with van der Waals surface area (Å²) >= 11 is 18.3. The van der Waals surface area contributed by atoms with Crippen LogP contribution in [0.3, 0.4) is 0 Å². The van der Waals surface area contributed by atoms with Crippen LogP contribution in [0, 0.1) is 0 Å². The summed E-state index contributed by atoms with van der Waals surface area (Å²) in [6.07, 6.45) is 0.615. The Kier molecular flexibility index (Phi) is 8.22. The number of amides is 1. The fourth-order valence-corrected chi connectivity index (χ4v) is 3.90. The van der Waals surface area contributed by atoms with Crippen molar-refractivity contribution < 1.29 is 4.79 Å². The average Bonchev–Trinajstić information content (AvgIpc) is 2.78. The summed E-state index contributed by atoms with van der Waals surface area (Å²) in [4.78, 5) is 15.3. The predicted octanol–water partition coefficient (Wildman–Crippen LogP) is 6.66. The number of benzene rings is 2. The van der Waals surface area contributed by atoms with Gasteiger partial charge in [-0.15, -0.1) is 10.2 Å². The molecule has 0 fully saturated rings. The Bertz CT molecular complexity index is 1130. The van der Waals surface area contributed by atoms with Crippen LogP contribution in [-0.4, -0.2) is 34.6 Å². The highest BCUT2D eigenvalue weighted by Crippen LogP contribution is 2.25. The molecular weight excluding hydrogens is 479 g/mol. The zero-order chi connectivity index (χ0) is 24.2. The number of carbonyl (C=O) groups is 1. The van der Waals surface area contributed by atoms with Crippen molar-refractivity contribution in [3.8, 4) is 0 Å². The largest absolute Gasteiger partial charge is 0.371 e. The van der Waals surface area contributed by atoms with Crippen LogP contribution in [0.25, 0.3) is 0 Å². The second-order valence-electron chi connectivity index (χ2n) is 8.85. The van der Waals surface area contributed by atoms with Gasteiger partial charge < -0.3 is 10.2 Å². The number of carbonyl (C=O) groups excluding carboxylic acids is 1. The number of nitrogens with one attached hydrogen (secondary N) is 1. The van der Waals surface area contributed by atoms with Gasteiger partial charge in [0.05, 0.1) is 15.6 Å². The van der Waals surface area contributed by atoms with Crippen LogP contribution >= 0.6 is 34.8 Å². The molecule has 1 aromatic heterocycles. The molecule has 0 aliphatic rings. The Balaban J connectivity index is 1.89. The van der Waals surface area contributed by atoms with Crippen molar-refractivity contribution in [3.63, 3.8) is 0 Å². The number of rotatable bonds is 7. The minimum atomic E-state index is -0.184. The van der Waals surface area contributed by atoms with Crippen LogP contribution in [0.5, 0.6) is 0 Å². The zero-order valence-electron chi connectivity index (χ0n) is 19.1. The monoisotopic (exact) mass is 504 g/mol. The van der Waals surface area contributed by atoms with Crippen molar-refractivity contribution in [2.75, 3.05) is 18.9 Å². The number of hydrogen-bond donors (Lipinski definition) is 1. The van der Waals surface area contributed by atoms with Gasteiger partial charge in [0, 0.05) is 20.1 Å². The Hall–Kier alpha value is -2.34. The molecule has 1 amide bonds. The van der Waals surface area contributed by atoms with Crippen molar-refractivity contribution in [2.45, 2.75) is 39.2 Å². The van der Waals surface area contributed by atoms with E-state index in [0.717, 1.165) is 11.1 Å². The zero-order valence-corrected chi connectivity index (χ0v) is 21.4. The lowest BCUT2D eigenvalue weighted by Crippen LogP contribution is -2.33. The SMILES string of the molecule is CNc1nnc(Cl)cc1C(=O)N(CCc1ccc(Cl)c(Cl)c1)Cc1ccc(C(C)(C)C)cc1. The highest BCUT2D eigenvalue weighted by atomic mass is 35.5. The maximum Gasteiger partial charge on any atom is 0.258 e. The van der Waals surface area contributed by atoms with Gasteiger partial charge in [0.15, 0.2) is 11.0 Å². The van der Waals surface area contributed by atoms with E-state index in [1.807, 2.05) is 12.1 Å². The summed E-state index contributed by atoms with van der Waals surface area (Å²) in [6.45, 7) is 7.44. The maximum atomic E-state index is 13.6. The first-order chi connectivity index (χ1) is 15.6. The highest BCUT2D eigenvalue weighted by Gasteiger charge is 2.22. The molecule has 0 unspecified atom stereocenters. The molecule has 0 saturated heterocycles. The van der Waals surface area contributed by atoms with Gasteiger partial charge in [-0.3, -0.25) is 4.79 Å². The molecular formula is C25H27Cl3N4O. The summed E-state index contributed by atoms with van der Waals surface area (Å²) in [6, 6.07) is 15.4. The molecule has 1 N–H and O–H groups in total. The lowest BCUT2D eigenvalue weighted by atomic mass is 9.87. The normalized spacial score (nSPS) is 11.4. The molecule has 3 rings (SSSR count). The first-order valence-electron chi connectivity index (χ1n) is 10.6. The number of hydrogen-bond acceptors (Lipinski definition) is 4. The summed E-state index contributed by atoms with van der Waals surface area (Å²) in [5.41, 5.74) is 3.69. The quantitative estimate of drug-likeness (QED) is 0.390. The summed E-state index contributed by atoms with van der Waals surface area (Å²) in [5.74, 6) is 0.197. The standard InChI is InChI=1S/C25H27Cl3N4O/c1-25(2,3)18-8-5-17(6-9-18)15-32(12-11-16-7-10-20(26)21(27)13-16)24(33)19-14-22(28)30-31-23(19)29-4/h5-10,13-14H,11-12,15H2,1-4H3,(H,29,31). The third kappa shape index (κ3) is 6.59. The van der Waals surface area contributed by atoms with Crippen LogP contribution in [0.4, 0.5) is 5.82 Å². The third-order valence-electron chi connectivity index (χ3n) is 5.37. The van der Waals surface area contributed by atoms with Crippen LogP contribution in [0.15, 0.2) is 48.5 Å². The van der Waals surface area contributed by atoms with Gasteiger partial charge in [0.25, 0.3) is 5.91 Å². The lowest BCUT2D eigenvalue weighted by molar-refractivity contribution is 0.0745. The van der Waals surface area contributed by atoms with Crippen LogP contribution in [0.1, 0.15) is 47.8 Å². The van der Waals surface area contributed by atoms with Crippen molar-refractivity contribution in [3.05, 3.63) is 86.0 Å². The number of nitrogens with zero attached hydrogens (tertiary/aromatic N) is 3. The summed E-state index contributed by atoms with van der Waals surface area (Å²) in [7, 11) is 1.69. The molecule has 0 aliphatic heterocycles. The summed E-state index contributed by atoms with van der Waals surface area (Å²) in [5, 5.41) is 11.9. The Morgan fingerprint density at radius 2 is 1.61 bits per heavy atom. The topological polar surface area (TPSA) is 58.1 Å². The minimum Gasteiger partial charge on any atom is -0.371 e. The summed E-state index contributed by atoms with van der Waals surface area (Å²) < 4.78 is 0. The molecule has 0 aliphatic carbocycles. The van der Waals surface area contributed by atoms with Crippen LogP contribution < -0.4 is 5.32 Å². The fraction of sp³-hybridized carbons (Fsp3) is 0.320. The van der Waals surface area contributed by atoms with E-state index in [9.17, 15) is 4.79 Å². The maximum absolute atomic E-state index is 13.6. The van der Waals surface area contributed by atoms with Crippen molar-refractivity contribution in [2.24, 2.45) is 0 Å². The molecule has 33 heavy (non-hydrogen) atoms. The number of anilines is 1. The smallest absolute Gasteiger partial charge is 0.258 e. The van der Waals surface area contributed by atoms with Crippen LogP contribution in [0.2, 0.25) is 15.2 Å². The highest BCUT2D eigenvalue weighted by molar-refractivity contribution is 6.42.